The van der Waals surface area contributed by atoms with Gasteiger partial charge in [-0.15, -0.1) is 0 Å². The highest BCUT2D eigenvalue weighted by atomic mass is 19.2. The molecule has 0 atom stereocenters. The van der Waals surface area contributed by atoms with Crippen LogP contribution in [-0.2, 0) is 16.0 Å². The van der Waals surface area contributed by atoms with E-state index in [-0.39, 0.29) is 24.2 Å². The zero-order chi connectivity index (χ0) is 12.1. The third-order valence-corrected chi connectivity index (χ3v) is 1.87. The topological polar surface area (TPSA) is 50.1 Å². The summed E-state index contributed by atoms with van der Waals surface area (Å²) in [7, 11) is 0. The van der Waals surface area contributed by atoms with Crippen LogP contribution >= 0.6 is 0 Å². The normalized spacial score (nSPS) is 9.62. The minimum absolute atomic E-state index is 0.0294. The number of carbonyl (C=O) groups is 1. The molecular weight excluding hydrogens is 216 g/mol. The van der Waals surface area contributed by atoms with E-state index in [1.54, 1.807) is 13.0 Å². The van der Waals surface area contributed by atoms with Crippen molar-refractivity contribution in [3.63, 3.8) is 0 Å². The van der Waals surface area contributed by atoms with E-state index in [9.17, 15) is 13.6 Å². The van der Waals surface area contributed by atoms with Gasteiger partial charge in [-0.3, -0.25) is 4.79 Å². The Labute approximate surface area is 91.3 Å². The second-order valence-electron chi connectivity index (χ2n) is 3.02. The molecule has 3 nitrogen and oxygen atoms in total. The first-order valence-electron chi connectivity index (χ1n) is 4.62. The van der Waals surface area contributed by atoms with Gasteiger partial charge in [-0.25, -0.2) is 8.78 Å². The van der Waals surface area contributed by atoms with Crippen molar-refractivity contribution in [3.8, 4) is 6.07 Å². The molecule has 0 bridgehead atoms. The SMILES string of the molecule is CCOC(=O)Cc1cc(C#N)cc(F)c1F. The van der Waals surface area contributed by atoms with Crippen LogP contribution in [0.1, 0.15) is 18.1 Å². The minimum Gasteiger partial charge on any atom is -0.466 e. The molecule has 0 unspecified atom stereocenters. The summed E-state index contributed by atoms with van der Waals surface area (Å²) in [5.41, 5.74) is -0.201. The predicted molar refractivity (Wildman–Crippen MR) is 51.4 cm³/mol. The fraction of sp³-hybridized carbons (Fsp3) is 0.273. The van der Waals surface area contributed by atoms with Gasteiger partial charge in [-0.2, -0.15) is 5.26 Å². The van der Waals surface area contributed by atoms with Gasteiger partial charge in [0.05, 0.1) is 24.7 Å². The monoisotopic (exact) mass is 225 g/mol. The Bertz CT molecular complexity index is 452. The molecule has 1 rings (SSSR count). The van der Waals surface area contributed by atoms with E-state index in [4.69, 9.17) is 5.26 Å². The summed E-state index contributed by atoms with van der Waals surface area (Å²) in [6.45, 7) is 1.78. The van der Waals surface area contributed by atoms with Crippen molar-refractivity contribution in [1.29, 1.82) is 5.26 Å². The van der Waals surface area contributed by atoms with Crippen molar-refractivity contribution in [2.75, 3.05) is 6.61 Å². The van der Waals surface area contributed by atoms with E-state index in [1.165, 1.54) is 0 Å². The fourth-order valence-corrected chi connectivity index (χ4v) is 1.21. The highest BCUT2D eigenvalue weighted by molar-refractivity contribution is 5.72. The Hall–Kier alpha value is -1.96. The quantitative estimate of drug-likeness (QED) is 0.738. The maximum Gasteiger partial charge on any atom is 0.310 e. The molecule has 5 heteroatoms. The minimum atomic E-state index is -1.14. The van der Waals surface area contributed by atoms with E-state index < -0.39 is 17.6 Å². The zero-order valence-electron chi connectivity index (χ0n) is 8.59. The molecule has 16 heavy (non-hydrogen) atoms. The van der Waals surface area contributed by atoms with Crippen LogP contribution in [0.15, 0.2) is 12.1 Å². The number of carbonyl (C=O) groups excluding carboxylic acids is 1. The lowest BCUT2D eigenvalue weighted by atomic mass is 10.1. The van der Waals surface area contributed by atoms with Crippen LogP contribution in [0.25, 0.3) is 0 Å². The summed E-state index contributed by atoms with van der Waals surface area (Å²) >= 11 is 0. The van der Waals surface area contributed by atoms with Gasteiger partial charge in [0.25, 0.3) is 0 Å². The summed E-state index contributed by atoms with van der Waals surface area (Å²) in [6.07, 6.45) is -0.383. The number of ether oxygens (including phenoxy) is 1. The molecule has 0 heterocycles. The van der Waals surface area contributed by atoms with Gasteiger partial charge in [-0.05, 0) is 19.1 Å². The fourth-order valence-electron chi connectivity index (χ4n) is 1.21. The van der Waals surface area contributed by atoms with Crippen molar-refractivity contribution < 1.29 is 18.3 Å². The second kappa shape index (κ2) is 5.21. The molecule has 0 spiro atoms. The van der Waals surface area contributed by atoms with Crippen molar-refractivity contribution in [2.24, 2.45) is 0 Å². The van der Waals surface area contributed by atoms with E-state index in [0.717, 1.165) is 12.1 Å². The summed E-state index contributed by atoms with van der Waals surface area (Å²) in [4.78, 5) is 11.1. The Morgan fingerprint density at radius 2 is 2.19 bits per heavy atom. The summed E-state index contributed by atoms with van der Waals surface area (Å²) in [5.74, 6) is -2.92. The van der Waals surface area contributed by atoms with Crippen LogP contribution < -0.4 is 0 Å². The molecule has 0 aliphatic rings. The molecule has 0 aliphatic carbocycles. The number of benzene rings is 1. The van der Waals surface area contributed by atoms with E-state index >= 15 is 0 Å². The predicted octanol–water partition coefficient (Wildman–Crippen LogP) is 1.94. The van der Waals surface area contributed by atoms with Gasteiger partial charge in [0.15, 0.2) is 11.6 Å². The third-order valence-electron chi connectivity index (χ3n) is 1.87. The lowest BCUT2D eigenvalue weighted by Gasteiger charge is -2.04. The van der Waals surface area contributed by atoms with Crippen LogP contribution in [-0.4, -0.2) is 12.6 Å². The van der Waals surface area contributed by atoms with Crippen LogP contribution in [0.4, 0.5) is 8.78 Å². The number of hydrogen-bond acceptors (Lipinski definition) is 3. The van der Waals surface area contributed by atoms with Crippen molar-refractivity contribution >= 4 is 5.97 Å². The van der Waals surface area contributed by atoms with Gasteiger partial charge in [0.1, 0.15) is 0 Å². The van der Waals surface area contributed by atoms with Crippen LogP contribution in [0, 0.1) is 23.0 Å². The van der Waals surface area contributed by atoms with Crippen LogP contribution in [0.3, 0.4) is 0 Å². The van der Waals surface area contributed by atoms with Gasteiger partial charge >= 0.3 is 5.97 Å². The lowest BCUT2D eigenvalue weighted by molar-refractivity contribution is -0.142. The molecule has 0 saturated carbocycles. The molecule has 0 radical (unpaired) electrons. The summed E-state index contributed by atoms with van der Waals surface area (Å²) < 4.78 is 30.8. The highest BCUT2D eigenvalue weighted by Gasteiger charge is 2.14. The summed E-state index contributed by atoms with van der Waals surface area (Å²) in [6, 6.07) is 3.60. The highest BCUT2D eigenvalue weighted by Crippen LogP contribution is 2.15. The molecule has 0 amide bonds. The van der Waals surface area contributed by atoms with E-state index in [1.807, 2.05) is 0 Å². The Kier molecular flexibility index (Phi) is 3.95. The molecule has 1 aromatic carbocycles. The maximum absolute atomic E-state index is 13.2. The number of halogens is 2. The van der Waals surface area contributed by atoms with Gasteiger partial charge < -0.3 is 4.74 Å². The molecule has 0 aromatic heterocycles. The van der Waals surface area contributed by atoms with Crippen LogP contribution in [0.5, 0.6) is 0 Å². The second-order valence-corrected chi connectivity index (χ2v) is 3.02. The zero-order valence-corrected chi connectivity index (χ0v) is 8.59. The number of esters is 1. The standard InChI is InChI=1S/C11H9F2NO2/c1-2-16-10(15)5-8-3-7(6-14)4-9(12)11(8)13/h3-4H,2,5H2,1H3. The smallest absolute Gasteiger partial charge is 0.310 e. The Morgan fingerprint density at radius 3 is 2.75 bits per heavy atom. The Balaban J connectivity index is 3.00. The van der Waals surface area contributed by atoms with Crippen LogP contribution in [0.2, 0.25) is 0 Å². The van der Waals surface area contributed by atoms with Gasteiger partial charge in [0.2, 0.25) is 0 Å². The third kappa shape index (κ3) is 2.76. The van der Waals surface area contributed by atoms with Gasteiger partial charge in [-0.1, -0.05) is 0 Å². The number of rotatable bonds is 3. The molecule has 0 saturated heterocycles. The van der Waals surface area contributed by atoms with Crippen molar-refractivity contribution in [2.45, 2.75) is 13.3 Å². The molecular formula is C11H9F2NO2. The average Bonchev–Trinajstić information content (AvgIpc) is 2.24. The molecule has 1 aromatic rings. The number of nitriles is 1. The lowest BCUT2D eigenvalue weighted by Crippen LogP contribution is -2.09. The molecule has 0 N–H and O–H groups in total. The Morgan fingerprint density at radius 1 is 1.50 bits per heavy atom. The summed E-state index contributed by atoms with van der Waals surface area (Å²) in [5, 5.41) is 8.56. The van der Waals surface area contributed by atoms with Gasteiger partial charge in [0, 0.05) is 5.56 Å². The molecule has 0 fully saturated rings. The number of nitrogens with zero attached hydrogens (tertiary/aromatic N) is 1. The van der Waals surface area contributed by atoms with E-state index in [2.05, 4.69) is 4.74 Å². The number of hydrogen-bond donors (Lipinski definition) is 0. The first-order valence-corrected chi connectivity index (χ1v) is 4.62. The molecule has 84 valence electrons. The first-order chi connectivity index (χ1) is 7.58. The average molecular weight is 225 g/mol. The van der Waals surface area contributed by atoms with E-state index in [0.29, 0.717) is 0 Å². The van der Waals surface area contributed by atoms with Crippen molar-refractivity contribution in [3.05, 3.63) is 34.9 Å². The van der Waals surface area contributed by atoms with Crippen molar-refractivity contribution in [1.82, 2.24) is 0 Å². The largest absolute Gasteiger partial charge is 0.466 e. The molecule has 0 aliphatic heterocycles. The first kappa shape index (κ1) is 12.1. The maximum atomic E-state index is 13.2.